The lowest BCUT2D eigenvalue weighted by atomic mass is 10.00. The number of nitrogens with one attached hydrogen (secondary N) is 1. The third-order valence-corrected chi connectivity index (χ3v) is 2.38. The van der Waals surface area contributed by atoms with Crippen LogP contribution in [0.2, 0.25) is 0 Å². The summed E-state index contributed by atoms with van der Waals surface area (Å²) in [6.07, 6.45) is -11.1. The molecule has 1 rings (SSSR count). The Balaban J connectivity index is 3.30. The number of halogens is 6. The van der Waals surface area contributed by atoms with E-state index in [1.165, 1.54) is 0 Å². The molecule has 0 aliphatic carbocycles. The molecule has 1 amide bonds. The minimum absolute atomic E-state index is 0.517. The van der Waals surface area contributed by atoms with Crippen LogP contribution < -0.4 is 5.32 Å². The summed E-state index contributed by atoms with van der Waals surface area (Å²) in [6.45, 7) is -0.947. The molecule has 3 nitrogen and oxygen atoms in total. The largest absolute Gasteiger partial charge is 0.453 e. The molecule has 0 heterocycles. The van der Waals surface area contributed by atoms with Crippen molar-refractivity contribution < 1.29 is 35.9 Å². The molecule has 9 heteroatoms. The second-order valence-electron chi connectivity index (χ2n) is 3.67. The summed E-state index contributed by atoms with van der Waals surface area (Å²) >= 11 is 0. The van der Waals surface area contributed by atoms with Crippen LogP contribution in [0.5, 0.6) is 0 Å². The Morgan fingerprint density at radius 2 is 1.55 bits per heavy atom. The van der Waals surface area contributed by atoms with Crippen molar-refractivity contribution in [3.05, 3.63) is 34.9 Å². The number of alkyl carbamates (subject to hydrolysis) is 1. The van der Waals surface area contributed by atoms with E-state index in [2.05, 4.69) is 4.74 Å². The van der Waals surface area contributed by atoms with Crippen LogP contribution in [-0.2, 0) is 23.6 Å². The van der Waals surface area contributed by atoms with Gasteiger partial charge < -0.3 is 10.1 Å². The van der Waals surface area contributed by atoms with Crippen molar-refractivity contribution >= 4 is 6.09 Å². The van der Waals surface area contributed by atoms with Crippen LogP contribution in [0.3, 0.4) is 0 Å². The summed E-state index contributed by atoms with van der Waals surface area (Å²) in [5.41, 5.74) is -3.97. The summed E-state index contributed by atoms with van der Waals surface area (Å²) in [5.74, 6) is 0. The van der Waals surface area contributed by atoms with Crippen molar-refractivity contribution in [1.29, 1.82) is 0 Å². The normalized spacial score (nSPS) is 12.2. The lowest BCUT2D eigenvalue weighted by Gasteiger charge is -2.18. The second-order valence-corrected chi connectivity index (χ2v) is 3.67. The Bertz CT molecular complexity index is 462. The lowest BCUT2D eigenvalue weighted by molar-refractivity contribution is -0.144. The molecule has 1 aromatic carbocycles. The highest BCUT2D eigenvalue weighted by molar-refractivity contribution is 5.67. The van der Waals surface area contributed by atoms with Crippen LogP contribution in [0.1, 0.15) is 16.7 Å². The van der Waals surface area contributed by atoms with Crippen molar-refractivity contribution in [2.75, 3.05) is 7.11 Å². The zero-order valence-corrected chi connectivity index (χ0v) is 10.0. The van der Waals surface area contributed by atoms with Gasteiger partial charge in [0.2, 0.25) is 0 Å². The second kappa shape index (κ2) is 5.59. The first-order valence-electron chi connectivity index (χ1n) is 5.15. The molecule has 0 radical (unpaired) electrons. The van der Waals surface area contributed by atoms with Crippen LogP contribution in [0.25, 0.3) is 0 Å². The number of hydrogen-bond donors (Lipinski definition) is 1. The molecule has 0 fully saturated rings. The van der Waals surface area contributed by atoms with E-state index < -0.39 is 41.7 Å². The van der Waals surface area contributed by atoms with Gasteiger partial charge in [-0.3, -0.25) is 0 Å². The predicted octanol–water partition coefficient (Wildman–Crippen LogP) is 3.58. The number of amides is 1. The summed E-state index contributed by atoms with van der Waals surface area (Å²) in [7, 11) is 0.940. The average molecular weight is 301 g/mol. The minimum atomic E-state index is -4.96. The van der Waals surface area contributed by atoms with Crippen molar-refractivity contribution in [3.63, 3.8) is 0 Å². The van der Waals surface area contributed by atoms with E-state index in [4.69, 9.17) is 0 Å². The van der Waals surface area contributed by atoms with Gasteiger partial charge in [-0.1, -0.05) is 6.07 Å². The molecule has 1 N–H and O–H groups in total. The van der Waals surface area contributed by atoms with Crippen molar-refractivity contribution in [2.24, 2.45) is 0 Å². The van der Waals surface area contributed by atoms with Crippen LogP contribution in [0, 0.1) is 0 Å². The first kappa shape index (κ1) is 16.1. The Morgan fingerprint density at radius 1 is 1.10 bits per heavy atom. The fourth-order valence-corrected chi connectivity index (χ4v) is 1.54. The van der Waals surface area contributed by atoms with Crippen LogP contribution in [-0.4, -0.2) is 13.2 Å². The highest BCUT2D eigenvalue weighted by Crippen LogP contribution is 2.39. The molecular formula is C11H9F6NO2. The molecule has 0 saturated heterocycles. The summed E-state index contributed by atoms with van der Waals surface area (Å²) in [4.78, 5) is 10.8. The monoisotopic (exact) mass is 301 g/mol. The molecule has 0 bridgehead atoms. The van der Waals surface area contributed by atoms with E-state index in [9.17, 15) is 31.1 Å². The van der Waals surface area contributed by atoms with Gasteiger partial charge in [0, 0.05) is 6.54 Å². The Labute approximate surface area is 109 Å². The van der Waals surface area contributed by atoms with E-state index in [1.54, 1.807) is 0 Å². The fraction of sp³-hybridized carbons (Fsp3) is 0.364. The lowest BCUT2D eigenvalue weighted by Crippen LogP contribution is -2.26. The van der Waals surface area contributed by atoms with Gasteiger partial charge in [0.15, 0.2) is 0 Å². The van der Waals surface area contributed by atoms with Gasteiger partial charge >= 0.3 is 18.4 Å². The number of benzene rings is 1. The maximum absolute atomic E-state index is 12.7. The number of alkyl halides is 6. The van der Waals surface area contributed by atoms with Gasteiger partial charge in [-0.05, 0) is 17.7 Å². The average Bonchev–Trinajstić information content (AvgIpc) is 2.33. The molecule has 0 spiro atoms. The number of carbonyl (C=O) groups is 1. The van der Waals surface area contributed by atoms with Gasteiger partial charge in [-0.25, -0.2) is 4.79 Å². The van der Waals surface area contributed by atoms with Gasteiger partial charge in [0.1, 0.15) is 0 Å². The predicted molar refractivity (Wildman–Crippen MR) is 55.7 cm³/mol. The van der Waals surface area contributed by atoms with Crippen LogP contribution >= 0.6 is 0 Å². The topological polar surface area (TPSA) is 38.3 Å². The zero-order valence-electron chi connectivity index (χ0n) is 10.0. The third kappa shape index (κ3) is 3.78. The van der Waals surface area contributed by atoms with Gasteiger partial charge in [0.25, 0.3) is 0 Å². The Kier molecular flexibility index (Phi) is 4.51. The molecule has 20 heavy (non-hydrogen) atoms. The molecule has 0 aliphatic rings. The van der Waals surface area contributed by atoms with Crippen LogP contribution in [0.4, 0.5) is 31.1 Å². The molecule has 0 saturated carbocycles. The maximum Gasteiger partial charge on any atom is 0.416 e. The molecule has 112 valence electrons. The van der Waals surface area contributed by atoms with Gasteiger partial charge in [0.05, 0.1) is 18.2 Å². The first-order chi connectivity index (χ1) is 9.07. The third-order valence-electron chi connectivity index (χ3n) is 2.38. The highest BCUT2D eigenvalue weighted by Gasteiger charge is 2.40. The Hall–Kier alpha value is -1.93. The number of ether oxygens (including phenoxy) is 1. The van der Waals surface area contributed by atoms with Crippen LogP contribution in [0.15, 0.2) is 18.2 Å². The standard InChI is InChI=1S/C11H9F6NO2/c1-20-9(19)18-5-6-7(10(12,13)14)3-2-4-8(6)11(15,16)17/h2-4H,5H2,1H3,(H,18,19). The molecular weight excluding hydrogens is 292 g/mol. The van der Waals surface area contributed by atoms with E-state index in [1.807, 2.05) is 5.32 Å². The van der Waals surface area contributed by atoms with Crippen molar-refractivity contribution in [3.8, 4) is 0 Å². The number of methoxy groups -OCH3 is 1. The van der Waals surface area contributed by atoms with Gasteiger partial charge in [-0.2, -0.15) is 26.3 Å². The first-order valence-corrected chi connectivity index (χ1v) is 5.15. The molecule has 0 atom stereocenters. The van der Waals surface area contributed by atoms with Crippen molar-refractivity contribution in [2.45, 2.75) is 18.9 Å². The molecule has 1 aromatic rings. The molecule has 0 aliphatic heterocycles. The minimum Gasteiger partial charge on any atom is -0.453 e. The van der Waals surface area contributed by atoms with Crippen molar-refractivity contribution in [1.82, 2.24) is 5.32 Å². The number of rotatable bonds is 2. The quantitative estimate of drug-likeness (QED) is 0.848. The maximum atomic E-state index is 12.7. The Morgan fingerprint density at radius 3 is 1.90 bits per heavy atom. The molecule has 0 unspecified atom stereocenters. The smallest absolute Gasteiger partial charge is 0.416 e. The van der Waals surface area contributed by atoms with E-state index in [0.717, 1.165) is 7.11 Å². The number of carbonyl (C=O) groups excluding carboxylic acids is 1. The highest BCUT2D eigenvalue weighted by atomic mass is 19.4. The zero-order chi connectivity index (χ0) is 15.6. The van der Waals surface area contributed by atoms with E-state index in [0.29, 0.717) is 18.2 Å². The number of hydrogen-bond acceptors (Lipinski definition) is 2. The summed E-state index contributed by atoms with van der Waals surface area (Å²) in [5, 5.41) is 1.81. The van der Waals surface area contributed by atoms with Gasteiger partial charge in [-0.15, -0.1) is 0 Å². The molecule has 0 aromatic heterocycles. The van der Waals surface area contributed by atoms with E-state index in [-0.39, 0.29) is 0 Å². The fourth-order valence-electron chi connectivity index (χ4n) is 1.54. The summed E-state index contributed by atoms with van der Waals surface area (Å²) in [6, 6.07) is 1.69. The van der Waals surface area contributed by atoms with E-state index >= 15 is 0 Å². The SMILES string of the molecule is COC(=O)NCc1c(C(F)(F)F)cccc1C(F)(F)F. The summed E-state index contributed by atoms with van der Waals surface area (Å²) < 4.78 is 80.4.